The predicted octanol–water partition coefficient (Wildman–Crippen LogP) is 7.13. The van der Waals surface area contributed by atoms with Crippen molar-refractivity contribution in [1.29, 1.82) is 0 Å². The van der Waals surface area contributed by atoms with Gasteiger partial charge in [0.05, 0.1) is 18.7 Å². The number of fused-ring (bicyclic) bond motifs is 1. The smallest absolute Gasteiger partial charge is 0.338 e. The first-order chi connectivity index (χ1) is 27.2. The molecule has 2 atom stereocenters. The number of thiazole rings is 1. The molecule has 7 rings (SSSR count). The number of piperazine rings is 1. The molecule has 0 bridgehead atoms. The number of urea groups is 1. The van der Waals surface area contributed by atoms with Gasteiger partial charge in [-0.1, -0.05) is 31.5 Å². The molecule has 3 aromatic carbocycles. The Labute approximate surface area is 334 Å². The third kappa shape index (κ3) is 8.27. The number of methoxy groups -OCH3 is 1. The van der Waals surface area contributed by atoms with Crippen LogP contribution in [-0.4, -0.2) is 102 Å². The summed E-state index contributed by atoms with van der Waals surface area (Å²) in [4.78, 5) is 57.0. The highest BCUT2D eigenvalue weighted by atomic mass is 35.5. The van der Waals surface area contributed by atoms with Gasteiger partial charge in [-0.15, -0.1) is 11.3 Å². The molecule has 1 aromatic heterocycles. The molecule has 2 saturated heterocycles. The van der Waals surface area contributed by atoms with Crippen LogP contribution in [0.4, 0.5) is 14.9 Å². The predicted molar refractivity (Wildman–Crippen MR) is 214 cm³/mol. The number of nitrogens with one attached hydrogen (secondary N) is 1. The lowest BCUT2D eigenvalue weighted by molar-refractivity contribution is -0.136. The second-order valence-electron chi connectivity index (χ2n) is 13.8. The molecule has 0 aliphatic carbocycles. The molecular weight excluding hydrogens is 757 g/mol. The zero-order valence-electron chi connectivity index (χ0n) is 31.4. The van der Waals surface area contributed by atoms with Crippen LogP contribution in [0.2, 0.25) is 5.02 Å². The molecule has 0 spiro atoms. The van der Waals surface area contributed by atoms with Gasteiger partial charge in [0.2, 0.25) is 0 Å². The van der Waals surface area contributed by atoms with Crippen molar-refractivity contribution in [3.8, 4) is 11.5 Å². The summed E-state index contributed by atoms with van der Waals surface area (Å²) >= 11 is 7.92. The maximum atomic E-state index is 14.1. The second-order valence-corrected chi connectivity index (χ2v) is 15.1. The van der Waals surface area contributed by atoms with Crippen LogP contribution in [0.25, 0.3) is 0 Å². The van der Waals surface area contributed by atoms with E-state index in [1.165, 1.54) is 36.6 Å². The van der Waals surface area contributed by atoms with Crippen LogP contribution in [0, 0.1) is 5.82 Å². The van der Waals surface area contributed by atoms with Gasteiger partial charge < -0.3 is 24.6 Å². The standard InChI is InChI=1S/C41H43ClFN7O5S/c1-4-17-48(18-5-2)39(51)26-6-11-30(12-7-26)55-31-13-9-28(10-14-31)50-24-29-23-47(19-20-49(29)41(50)53)25-34-35(40(52)54-3)36(32-15-8-27(43)22-33(32)42)46-37(45-34)38-44-16-21-56-38/h6-16,21-22,29,36H,4-5,17-20,23-25H2,1-3H3,(H,45,46)/t29-,36?/m0/s1. The number of benzene rings is 3. The highest BCUT2D eigenvalue weighted by molar-refractivity contribution is 7.11. The lowest BCUT2D eigenvalue weighted by atomic mass is 9.95. The number of aliphatic imine (C=N–C) groups is 1. The van der Waals surface area contributed by atoms with Gasteiger partial charge in [-0.25, -0.2) is 19.0 Å². The minimum absolute atomic E-state index is 0.0177. The van der Waals surface area contributed by atoms with E-state index >= 15 is 0 Å². The lowest BCUT2D eigenvalue weighted by Crippen LogP contribution is -2.53. The van der Waals surface area contributed by atoms with Gasteiger partial charge in [-0.05, 0) is 73.5 Å². The Morgan fingerprint density at radius 3 is 2.36 bits per heavy atom. The molecule has 1 unspecified atom stereocenters. The van der Waals surface area contributed by atoms with Gasteiger partial charge in [-0.3, -0.25) is 19.6 Å². The van der Waals surface area contributed by atoms with E-state index < -0.39 is 17.8 Å². The number of amidine groups is 1. The first-order valence-electron chi connectivity index (χ1n) is 18.7. The highest BCUT2D eigenvalue weighted by Gasteiger charge is 2.42. The van der Waals surface area contributed by atoms with Crippen molar-refractivity contribution in [2.24, 2.45) is 4.99 Å². The second kappa shape index (κ2) is 17.2. The van der Waals surface area contributed by atoms with Crippen molar-refractivity contribution in [3.63, 3.8) is 0 Å². The molecule has 3 aliphatic heterocycles. The number of amides is 3. The van der Waals surface area contributed by atoms with Crippen molar-refractivity contribution < 1.29 is 28.2 Å². The fourth-order valence-electron chi connectivity index (χ4n) is 7.36. The monoisotopic (exact) mass is 799 g/mol. The number of carbonyl (C=O) groups excluding carboxylic acids is 3. The van der Waals surface area contributed by atoms with Gasteiger partial charge in [0.15, 0.2) is 10.8 Å². The first-order valence-corrected chi connectivity index (χ1v) is 19.9. The van der Waals surface area contributed by atoms with Gasteiger partial charge in [-0.2, -0.15) is 0 Å². The normalized spacial score (nSPS) is 18.4. The number of aromatic nitrogens is 1. The SMILES string of the molecule is CCCN(CCC)C(=O)c1ccc(Oc2ccc(N3C[C@@H]4CN(CC5=C(C(=O)OC)C(c6ccc(F)cc6Cl)N=C(c6nccs6)N5)CCN4C3=O)cc2)cc1. The fourth-order valence-corrected chi connectivity index (χ4v) is 8.21. The molecule has 0 saturated carbocycles. The minimum atomic E-state index is -0.863. The Balaban J connectivity index is 1.04. The zero-order valence-corrected chi connectivity index (χ0v) is 33.0. The molecule has 4 heterocycles. The highest BCUT2D eigenvalue weighted by Crippen LogP contribution is 2.37. The third-order valence-corrected chi connectivity index (χ3v) is 11.1. The van der Waals surface area contributed by atoms with E-state index in [0.29, 0.717) is 71.9 Å². The summed E-state index contributed by atoms with van der Waals surface area (Å²) in [7, 11) is 1.31. The van der Waals surface area contributed by atoms with Crippen molar-refractivity contribution in [3.05, 3.63) is 117 Å². The molecule has 1 N–H and O–H groups in total. The van der Waals surface area contributed by atoms with Gasteiger partial charge in [0, 0.05) is 84.9 Å². The Morgan fingerprint density at radius 1 is 1.00 bits per heavy atom. The summed E-state index contributed by atoms with van der Waals surface area (Å²) < 4.78 is 25.4. The molecule has 4 aromatic rings. The summed E-state index contributed by atoms with van der Waals surface area (Å²) in [6.07, 6.45) is 3.48. The molecule has 15 heteroatoms. The molecule has 292 valence electrons. The molecule has 3 aliphatic rings. The molecular formula is C41H43ClFN7O5S. The lowest BCUT2D eigenvalue weighted by Gasteiger charge is -2.38. The van der Waals surface area contributed by atoms with Crippen LogP contribution in [0.3, 0.4) is 0 Å². The van der Waals surface area contributed by atoms with Crippen molar-refractivity contribution >= 4 is 52.4 Å². The van der Waals surface area contributed by atoms with E-state index in [1.54, 1.807) is 35.4 Å². The van der Waals surface area contributed by atoms with Crippen LogP contribution in [0.15, 0.2) is 94.6 Å². The van der Waals surface area contributed by atoms with E-state index in [4.69, 9.17) is 26.1 Å². The zero-order chi connectivity index (χ0) is 39.3. The van der Waals surface area contributed by atoms with Crippen molar-refractivity contribution in [2.45, 2.75) is 38.8 Å². The van der Waals surface area contributed by atoms with Crippen LogP contribution in [-0.2, 0) is 9.53 Å². The van der Waals surface area contributed by atoms with E-state index in [9.17, 15) is 18.8 Å². The summed E-state index contributed by atoms with van der Waals surface area (Å²) in [5, 5.41) is 5.94. The molecule has 2 fully saturated rings. The third-order valence-electron chi connectivity index (χ3n) is 10.0. The maximum absolute atomic E-state index is 14.1. The minimum Gasteiger partial charge on any atom is -0.466 e. The maximum Gasteiger partial charge on any atom is 0.338 e. The number of hydrogen-bond donors (Lipinski definition) is 1. The first kappa shape index (κ1) is 38.9. The molecule has 12 nitrogen and oxygen atoms in total. The number of hydrogen-bond acceptors (Lipinski definition) is 10. The molecule has 56 heavy (non-hydrogen) atoms. The number of nitrogens with zero attached hydrogens (tertiary/aromatic N) is 6. The molecule has 3 amide bonds. The van der Waals surface area contributed by atoms with Crippen LogP contribution in [0.1, 0.15) is 53.7 Å². The van der Waals surface area contributed by atoms with Crippen molar-refractivity contribution in [2.75, 3.05) is 57.8 Å². The van der Waals surface area contributed by atoms with Crippen LogP contribution in [0.5, 0.6) is 11.5 Å². The number of esters is 1. The number of rotatable bonds is 13. The number of anilines is 1. The average molecular weight is 800 g/mol. The topological polar surface area (TPSA) is 120 Å². The van der Waals surface area contributed by atoms with Crippen LogP contribution < -0.4 is 15.0 Å². The number of carbonyl (C=O) groups is 3. The van der Waals surface area contributed by atoms with Crippen molar-refractivity contribution in [1.82, 2.24) is 25.0 Å². The Bertz CT molecular complexity index is 2120. The summed E-state index contributed by atoms with van der Waals surface area (Å²) in [6.45, 7) is 8.01. The number of halogens is 2. The summed E-state index contributed by atoms with van der Waals surface area (Å²) in [5.41, 5.74) is 2.69. The fraction of sp³-hybridized carbons (Fsp3) is 0.341. The largest absolute Gasteiger partial charge is 0.466 e. The number of ether oxygens (including phenoxy) is 2. The van der Waals surface area contributed by atoms with Gasteiger partial charge in [0.1, 0.15) is 23.4 Å². The average Bonchev–Trinajstić information content (AvgIpc) is 3.86. The molecule has 0 radical (unpaired) electrons. The van der Waals surface area contributed by atoms with Gasteiger partial charge in [0.25, 0.3) is 5.91 Å². The quantitative estimate of drug-likeness (QED) is 0.142. The van der Waals surface area contributed by atoms with Gasteiger partial charge >= 0.3 is 12.0 Å². The Kier molecular flexibility index (Phi) is 12.0. The van der Waals surface area contributed by atoms with E-state index in [2.05, 4.69) is 29.0 Å². The van der Waals surface area contributed by atoms with E-state index in [1.807, 2.05) is 39.4 Å². The van der Waals surface area contributed by atoms with Crippen LogP contribution >= 0.6 is 22.9 Å². The summed E-state index contributed by atoms with van der Waals surface area (Å²) in [5.74, 6) is 0.620. The van der Waals surface area contributed by atoms with E-state index in [0.717, 1.165) is 31.6 Å². The Hall–Kier alpha value is -5.31. The summed E-state index contributed by atoms with van der Waals surface area (Å²) in [6, 6.07) is 17.6. The Morgan fingerprint density at radius 2 is 1.71 bits per heavy atom. The van der Waals surface area contributed by atoms with E-state index in [-0.39, 0.29) is 28.6 Å².